The third-order valence-electron chi connectivity index (χ3n) is 5.37. The highest BCUT2D eigenvalue weighted by atomic mass is 32.1. The number of hydrogen-bond donors (Lipinski definition) is 1. The Kier molecular flexibility index (Phi) is 8.31. The van der Waals surface area contributed by atoms with Crippen molar-refractivity contribution < 1.29 is 9.47 Å². The summed E-state index contributed by atoms with van der Waals surface area (Å²) in [6, 6.07) is 0. The van der Waals surface area contributed by atoms with E-state index in [4.69, 9.17) is 9.47 Å². The lowest BCUT2D eigenvalue weighted by atomic mass is 9.83. The van der Waals surface area contributed by atoms with Gasteiger partial charge < -0.3 is 19.7 Å². The zero-order valence-corrected chi connectivity index (χ0v) is 17.7. The summed E-state index contributed by atoms with van der Waals surface area (Å²) in [7, 11) is 7.40. The second kappa shape index (κ2) is 10.2. The fraction of sp³-hybridized carbons (Fsp3) is 0.789. The topological polar surface area (TPSA) is 59.0 Å². The van der Waals surface area contributed by atoms with Crippen molar-refractivity contribution in [2.75, 3.05) is 41.5 Å². The van der Waals surface area contributed by atoms with Crippen LogP contribution in [-0.2, 0) is 16.0 Å². The smallest absolute Gasteiger partial charge is 0.193 e. The molecular weight excluding hydrogens is 348 g/mol. The van der Waals surface area contributed by atoms with Crippen LogP contribution in [0.25, 0.3) is 0 Å². The molecule has 0 radical (unpaired) electrons. The average molecular weight is 383 g/mol. The fourth-order valence-corrected chi connectivity index (χ4v) is 4.45. The first-order valence-electron chi connectivity index (χ1n) is 9.41. The summed E-state index contributed by atoms with van der Waals surface area (Å²) in [5, 5.41) is 6.71. The Hall–Kier alpha value is -1.18. The molecule has 1 aliphatic rings. The van der Waals surface area contributed by atoms with Crippen LogP contribution in [0.2, 0.25) is 0 Å². The number of nitrogens with one attached hydrogen (secondary N) is 1. The van der Waals surface area contributed by atoms with Gasteiger partial charge in [0.05, 0.1) is 12.2 Å². The minimum Gasteiger partial charge on any atom is -0.385 e. The van der Waals surface area contributed by atoms with Gasteiger partial charge in [-0.2, -0.15) is 0 Å². The van der Waals surface area contributed by atoms with E-state index >= 15 is 0 Å². The Bertz CT molecular complexity index is 570. The van der Waals surface area contributed by atoms with Crippen molar-refractivity contribution in [3.8, 4) is 0 Å². The van der Waals surface area contributed by atoms with Gasteiger partial charge >= 0.3 is 0 Å². The molecule has 1 unspecified atom stereocenters. The minimum absolute atomic E-state index is 0.0412. The van der Waals surface area contributed by atoms with E-state index < -0.39 is 0 Å². The third kappa shape index (κ3) is 5.66. The summed E-state index contributed by atoms with van der Waals surface area (Å²) in [6.45, 7) is 4.54. The van der Waals surface area contributed by atoms with Gasteiger partial charge in [-0.3, -0.25) is 4.99 Å². The largest absolute Gasteiger partial charge is 0.385 e. The van der Waals surface area contributed by atoms with Crippen molar-refractivity contribution in [2.24, 2.45) is 10.4 Å². The molecule has 0 aromatic carbocycles. The third-order valence-corrected chi connectivity index (χ3v) is 6.42. The molecule has 26 heavy (non-hydrogen) atoms. The maximum Gasteiger partial charge on any atom is 0.193 e. The SMILES string of the molecule is CN=C(NCC1(CCOC)CCCC1)N(C)Cc1csc(C(C)OC)n1. The summed E-state index contributed by atoms with van der Waals surface area (Å²) >= 11 is 1.65. The maximum absolute atomic E-state index is 5.35. The summed E-state index contributed by atoms with van der Waals surface area (Å²) in [6.07, 6.45) is 6.34. The first kappa shape index (κ1) is 21.1. The Morgan fingerprint density at radius 1 is 1.42 bits per heavy atom. The molecule has 1 aromatic heterocycles. The number of guanidine groups is 1. The molecule has 0 amide bonds. The molecular formula is C19H34N4O2S. The summed E-state index contributed by atoms with van der Waals surface area (Å²) in [4.78, 5) is 11.3. The summed E-state index contributed by atoms with van der Waals surface area (Å²) in [5.41, 5.74) is 1.39. The van der Waals surface area contributed by atoms with E-state index in [-0.39, 0.29) is 6.10 Å². The second-order valence-corrected chi connectivity index (χ2v) is 8.15. The molecule has 0 bridgehead atoms. The minimum atomic E-state index is 0.0412. The van der Waals surface area contributed by atoms with Gasteiger partial charge in [0.1, 0.15) is 11.1 Å². The molecule has 0 aliphatic heterocycles. The normalized spacial score (nSPS) is 18.1. The number of ether oxygens (including phenoxy) is 2. The first-order valence-corrected chi connectivity index (χ1v) is 10.3. The predicted octanol–water partition coefficient (Wildman–Crippen LogP) is 3.45. The Morgan fingerprint density at radius 3 is 2.77 bits per heavy atom. The maximum atomic E-state index is 5.35. The number of hydrogen-bond acceptors (Lipinski definition) is 5. The standard InChI is InChI=1S/C19H34N4O2S/c1-15(25-5)17-22-16(13-26-17)12-23(3)18(20-2)21-14-19(10-11-24-4)8-6-7-9-19/h13,15H,6-12,14H2,1-5H3,(H,20,21). The van der Waals surface area contributed by atoms with Gasteiger partial charge in [-0.1, -0.05) is 12.8 Å². The van der Waals surface area contributed by atoms with Crippen LogP contribution in [0.3, 0.4) is 0 Å². The van der Waals surface area contributed by atoms with Gasteiger partial charge in [0.2, 0.25) is 0 Å². The van der Waals surface area contributed by atoms with Crippen LogP contribution in [0.1, 0.15) is 55.8 Å². The molecule has 1 aliphatic carbocycles. The van der Waals surface area contributed by atoms with Gasteiger partial charge in [0, 0.05) is 46.8 Å². The number of thiazole rings is 1. The van der Waals surface area contributed by atoms with Crippen LogP contribution in [0.15, 0.2) is 10.4 Å². The number of methoxy groups -OCH3 is 2. The van der Waals surface area contributed by atoms with Crippen molar-refractivity contribution in [1.82, 2.24) is 15.2 Å². The molecule has 1 saturated carbocycles. The molecule has 0 saturated heterocycles. The number of nitrogens with zero attached hydrogens (tertiary/aromatic N) is 3. The lowest BCUT2D eigenvalue weighted by molar-refractivity contribution is 0.119. The molecule has 1 fully saturated rings. The molecule has 1 aromatic rings. The van der Waals surface area contributed by atoms with E-state index in [0.717, 1.165) is 42.8 Å². The molecule has 1 N–H and O–H groups in total. The van der Waals surface area contributed by atoms with Gasteiger partial charge in [0.15, 0.2) is 5.96 Å². The van der Waals surface area contributed by atoms with Crippen molar-refractivity contribution in [3.63, 3.8) is 0 Å². The fourth-order valence-electron chi connectivity index (χ4n) is 3.61. The van der Waals surface area contributed by atoms with Crippen molar-refractivity contribution in [3.05, 3.63) is 16.1 Å². The molecule has 1 atom stereocenters. The highest BCUT2D eigenvalue weighted by Gasteiger charge is 2.33. The van der Waals surface area contributed by atoms with Gasteiger partial charge in [-0.25, -0.2) is 4.98 Å². The highest BCUT2D eigenvalue weighted by Crippen LogP contribution is 2.40. The summed E-state index contributed by atoms with van der Waals surface area (Å²) in [5.74, 6) is 0.919. The first-order chi connectivity index (χ1) is 12.5. The van der Waals surface area contributed by atoms with E-state index in [1.165, 1.54) is 25.7 Å². The van der Waals surface area contributed by atoms with Gasteiger partial charge in [-0.15, -0.1) is 11.3 Å². The number of aromatic nitrogens is 1. The van der Waals surface area contributed by atoms with Crippen LogP contribution >= 0.6 is 11.3 Å². The highest BCUT2D eigenvalue weighted by molar-refractivity contribution is 7.09. The van der Waals surface area contributed by atoms with Crippen molar-refractivity contribution >= 4 is 17.3 Å². The van der Waals surface area contributed by atoms with E-state index in [1.54, 1.807) is 25.6 Å². The molecule has 2 rings (SSSR count). The van der Waals surface area contributed by atoms with Crippen LogP contribution in [-0.4, -0.2) is 57.3 Å². The van der Waals surface area contributed by atoms with E-state index in [1.807, 2.05) is 14.0 Å². The monoisotopic (exact) mass is 382 g/mol. The van der Waals surface area contributed by atoms with Crippen molar-refractivity contribution in [1.29, 1.82) is 0 Å². The number of aliphatic imine (C=N–C) groups is 1. The Balaban J connectivity index is 1.91. The number of rotatable bonds is 9. The van der Waals surface area contributed by atoms with E-state index in [0.29, 0.717) is 5.41 Å². The molecule has 148 valence electrons. The predicted molar refractivity (Wildman–Crippen MR) is 108 cm³/mol. The second-order valence-electron chi connectivity index (χ2n) is 7.26. The Labute approximate surface area is 162 Å². The lowest BCUT2D eigenvalue weighted by Gasteiger charge is -2.31. The van der Waals surface area contributed by atoms with Crippen LogP contribution in [0.5, 0.6) is 0 Å². The van der Waals surface area contributed by atoms with E-state index in [9.17, 15) is 0 Å². The molecule has 7 heteroatoms. The lowest BCUT2D eigenvalue weighted by Crippen LogP contribution is -2.44. The van der Waals surface area contributed by atoms with Crippen LogP contribution < -0.4 is 5.32 Å². The summed E-state index contributed by atoms with van der Waals surface area (Å²) < 4.78 is 10.7. The van der Waals surface area contributed by atoms with Crippen molar-refractivity contribution in [2.45, 2.75) is 51.7 Å². The molecule has 1 heterocycles. The molecule has 0 spiro atoms. The van der Waals surface area contributed by atoms with Crippen LogP contribution in [0, 0.1) is 5.41 Å². The zero-order chi connectivity index (χ0) is 19.0. The van der Waals surface area contributed by atoms with Gasteiger partial charge in [-0.05, 0) is 31.6 Å². The average Bonchev–Trinajstić information content (AvgIpc) is 3.30. The van der Waals surface area contributed by atoms with E-state index in [2.05, 4.69) is 32.6 Å². The molecule has 6 nitrogen and oxygen atoms in total. The van der Waals surface area contributed by atoms with Gasteiger partial charge in [0.25, 0.3) is 0 Å². The van der Waals surface area contributed by atoms with Crippen LogP contribution in [0.4, 0.5) is 0 Å². The Morgan fingerprint density at radius 2 is 2.15 bits per heavy atom. The zero-order valence-electron chi connectivity index (χ0n) is 16.9. The quantitative estimate of drug-likeness (QED) is 0.524.